The molecule has 166 valence electrons. The van der Waals surface area contributed by atoms with E-state index in [2.05, 4.69) is 10.6 Å². The zero-order chi connectivity index (χ0) is 22.4. The first-order valence-electron chi connectivity index (χ1n) is 10.3. The smallest absolute Gasteiger partial charge is 0.321 e. The summed E-state index contributed by atoms with van der Waals surface area (Å²) in [5.41, 5.74) is -0.465. The molecular weight excluding hydrogens is 421 g/mol. The van der Waals surface area contributed by atoms with E-state index in [9.17, 15) is 14.0 Å². The normalized spacial score (nSPS) is 14.8. The maximum atomic E-state index is 13.0. The van der Waals surface area contributed by atoms with Crippen LogP contribution in [-0.4, -0.2) is 42.1 Å². The number of halogens is 2. The van der Waals surface area contributed by atoms with Gasteiger partial charge in [0.15, 0.2) is 5.60 Å². The van der Waals surface area contributed by atoms with E-state index in [0.717, 1.165) is 12.8 Å². The quantitative estimate of drug-likeness (QED) is 0.674. The van der Waals surface area contributed by atoms with Crippen molar-refractivity contribution in [1.29, 1.82) is 0 Å². The summed E-state index contributed by atoms with van der Waals surface area (Å²) in [4.78, 5) is 26.7. The van der Waals surface area contributed by atoms with Crippen LogP contribution in [0.3, 0.4) is 0 Å². The highest BCUT2D eigenvalue weighted by molar-refractivity contribution is 6.30. The molecule has 1 aliphatic rings. The fraction of sp³-hybridized carbons (Fsp3) is 0.391. The fourth-order valence-electron chi connectivity index (χ4n) is 3.37. The average molecular weight is 448 g/mol. The summed E-state index contributed by atoms with van der Waals surface area (Å²) in [7, 11) is 0. The fourth-order valence-corrected chi connectivity index (χ4v) is 3.50. The van der Waals surface area contributed by atoms with Crippen LogP contribution < -0.4 is 15.4 Å². The predicted molar refractivity (Wildman–Crippen MR) is 119 cm³/mol. The molecule has 2 N–H and O–H groups in total. The number of benzene rings is 2. The Labute approximate surface area is 186 Å². The Morgan fingerprint density at radius 3 is 2.32 bits per heavy atom. The Morgan fingerprint density at radius 2 is 1.71 bits per heavy atom. The molecule has 1 saturated heterocycles. The highest BCUT2D eigenvalue weighted by atomic mass is 35.5. The molecule has 3 amide bonds. The lowest BCUT2D eigenvalue weighted by atomic mass is 9.96. The second-order valence-electron chi connectivity index (χ2n) is 8.14. The Hall–Kier alpha value is -2.80. The van der Waals surface area contributed by atoms with Gasteiger partial charge < -0.3 is 20.3 Å². The van der Waals surface area contributed by atoms with Crippen LogP contribution in [-0.2, 0) is 4.79 Å². The molecule has 31 heavy (non-hydrogen) atoms. The zero-order valence-electron chi connectivity index (χ0n) is 17.7. The summed E-state index contributed by atoms with van der Waals surface area (Å²) >= 11 is 5.88. The Kier molecular flexibility index (Phi) is 7.38. The van der Waals surface area contributed by atoms with Gasteiger partial charge in [0, 0.05) is 30.3 Å². The molecule has 1 aliphatic heterocycles. The van der Waals surface area contributed by atoms with Crippen LogP contribution in [0.25, 0.3) is 0 Å². The van der Waals surface area contributed by atoms with Gasteiger partial charge in [-0.15, -0.1) is 0 Å². The first kappa shape index (κ1) is 22.9. The summed E-state index contributed by atoms with van der Waals surface area (Å²) < 4.78 is 18.8. The number of carbonyl (C=O) groups excluding carboxylic acids is 2. The van der Waals surface area contributed by atoms with Gasteiger partial charge in [-0.2, -0.15) is 0 Å². The Balaban J connectivity index is 1.41. The van der Waals surface area contributed by atoms with Crippen molar-refractivity contribution in [3.8, 4) is 5.75 Å². The maximum Gasteiger partial charge on any atom is 0.321 e. The molecule has 0 spiro atoms. The van der Waals surface area contributed by atoms with Crippen molar-refractivity contribution < 1.29 is 18.7 Å². The number of piperidine rings is 1. The molecule has 8 heteroatoms. The molecular formula is C23H27ClFN3O3. The number of likely N-dealkylation sites (tertiary alicyclic amines) is 1. The van der Waals surface area contributed by atoms with Crippen molar-refractivity contribution in [2.45, 2.75) is 32.3 Å². The molecule has 0 radical (unpaired) electrons. The highest BCUT2D eigenvalue weighted by Gasteiger charge is 2.31. The largest absolute Gasteiger partial charge is 0.478 e. The number of hydrogen-bond donors (Lipinski definition) is 2. The van der Waals surface area contributed by atoms with E-state index in [1.54, 1.807) is 43.0 Å². The maximum absolute atomic E-state index is 13.0. The SMILES string of the molecule is CC(C)(Oc1ccc(Cl)cc1)C(=O)NCC1CCN(C(=O)Nc2ccc(F)cc2)CC1. The van der Waals surface area contributed by atoms with Gasteiger partial charge >= 0.3 is 6.03 Å². The first-order chi connectivity index (χ1) is 14.7. The molecule has 0 bridgehead atoms. The molecule has 0 unspecified atom stereocenters. The van der Waals surface area contributed by atoms with E-state index in [1.807, 2.05) is 0 Å². The van der Waals surface area contributed by atoms with Crippen molar-refractivity contribution in [3.05, 3.63) is 59.4 Å². The van der Waals surface area contributed by atoms with Crippen molar-refractivity contribution in [3.63, 3.8) is 0 Å². The van der Waals surface area contributed by atoms with E-state index in [0.29, 0.717) is 36.1 Å². The Bertz CT molecular complexity index is 895. The molecule has 0 atom stereocenters. The molecule has 0 saturated carbocycles. The minimum Gasteiger partial charge on any atom is -0.478 e. The first-order valence-corrected chi connectivity index (χ1v) is 10.6. The van der Waals surface area contributed by atoms with E-state index >= 15 is 0 Å². The molecule has 3 rings (SSSR count). The van der Waals surface area contributed by atoms with Gasteiger partial charge in [0.1, 0.15) is 11.6 Å². The summed E-state index contributed by atoms with van der Waals surface area (Å²) in [6, 6.07) is 12.4. The highest BCUT2D eigenvalue weighted by Crippen LogP contribution is 2.22. The minimum absolute atomic E-state index is 0.195. The third-order valence-corrected chi connectivity index (χ3v) is 5.53. The van der Waals surface area contributed by atoms with Crippen LogP contribution in [0.1, 0.15) is 26.7 Å². The summed E-state index contributed by atoms with van der Waals surface area (Å²) in [5.74, 6) is 0.316. The van der Waals surface area contributed by atoms with Crippen LogP contribution in [0.5, 0.6) is 5.75 Å². The van der Waals surface area contributed by atoms with Crippen LogP contribution >= 0.6 is 11.6 Å². The van der Waals surface area contributed by atoms with Crippen LogP contribution in [0.4, 0.5) is 14.9 Å². The summed E-state index contributed by atoms with van der Waals surface area (Å²) in [5, 5.41) is 6.35. The number of amides is 3. The Morgan fingerprint density at radius 1 is 1.10 bits per heavy atom. The number of anilines is 1. The van der Waals surface area contributed by atoms with Crippen molar-refractivity contribution in [1.82, 2.24) is 10.2 Å². The van der Waals surface area contributed by atoms with Crippen LogP contribution in [0.2, 0.25) is 5.02 Å². The van der Waals surface area contributed by atoms with E-state index < -0.39 is 5.60 Å². The number of carbonyl (C=O) groups is 2. The van der Waals surface area contributed by atoms with Crippen molar-refractivity contribution in [2.75, 3.05) is 25.0 Å². The third-order valence-electron chi connectivity index (χ3n) is 5.28. The molecule has 1 heterocycles. The second-order valence-corrected chi connectivity index (χ2v) is 8.58. The lowest BCUT2D eigenvalue weighted by Gasteiger charge is -2.33. The molecule has 1 fully saturated rings. The molecule has 6 nitrogen and oxygen atoms in total. The van der Waals surface area contributed by atoms with Crippen LogP contribution in [0.15, 0.2) is 48.5 Å². The zero-order valence-corrected chi connectivity index (χ0v) is 18.4. The van der Waals surface area contributed by atoms with E-state index in [-0.39, 0.29) is 23.7 Å². The van der Waals surface area contributed by atoms with Crippen molar-refractivity contribution >= 4 is 29.2 Å². The summed E-state index contributed by atoms with van der Waals surface area (Å²) in [6.45, 7) is 5.16. The number of nitrogens with zero attached hydrogens (tertiary/aromatic N) is 1. The van der Waals surface area contributed by atoms with Crippen LogP contribution in [0, 0.1) is 11.7 Å². The van der Waals surface area contributed by atoms with Gasteiger partial charge in [-0.25, -0.2) is 9.18 Å². The molecule has 0 aliphatic carbocycles. The number of nitrogens with one attached hydrogen (secondary N) is 2. The predicted octanol–water partition coefficient (Wildman–Crippen LogP) is 4.70. The van der Waals surface area contributed by atoms with E-state index in [4.69, 9.17) is 16.3 Å². The lowest BCUT2D eigenvalue weighted by Crippen LogP contribution is -2.49. The van der Waals surface area contributed by atoms with Gasteiger partial charge in [-0.1, -0.05) is 11.6 Å². The van der Waals surface area contributed by atoms with Gasteiger partial charge in [-0.3, -0.25) is 4.79 Å². The second kappa shape index (κ2) is 10.0. The van der Waals surface area contributed by atoms with Gasteiger partial charge in [-0.05, 0) is 81.1 Å². The standard InChI is InChI=1S/C23H27ClFN3O3/c1-23(2,31-20-9-3-17(24)4-10-20)21(29)26-15-16-11-13-28(14-12-16)22(30)27-19-7-5-18(25)6-8-19/h3-10,16H,11-15H2,1-2H3,(H,26,29)(H,27,30). The van der Waals surface area contributed by atoms with E-state index in [1.165, 1.54) is 24.3 Å². The minimum atomic E-state index is -1.02. The van der Waals surface area contributed by atoms with Gasteiger partial charge in [0.25, 0.3) is 5.91 Å². The topological polar surface area (TPSA) is 70.7 Å². The number of ether oxygens (including phenoxy) is 1. The van der Waals surface area contributed by atoms with Gasteiger partial charge in [0.2, 0.25) is 0 Å². The molecule has 2 aromatic carbocycles. The lowest BCUT2D eigenvalue weighted by molar-refractivity contribution is -0.134. The monoisotopic (exact) mass is 447 g/mol. The molecule has 0 aromatic heterocycles. The number of rotatable bonds is 6. The average Bonchev–Trinajstić information content (AvgIpc) is 2.75. The number of hydrogen-bond acceptors (Lipinski definition) is 3. The van der Waals surface area contributed by atoms with Crippen molar-refractivity contribution in [2.24, 2.45) is 5.92 Å². The molecule has 2 aromatic rings. The third kappa shape index (κ3) is 6.59. The summed E-state index contributed by atoms with van der Waals surface area (Å²) in [6.07, 6.45) is 1.57. The number of urea groups is 1. The van der Waals surface area contributed by atoms with Gasteiger partial charge in [0.05, 0.1) is 0 Å².